The number of anilines is 1. The molecule has 0 aliphatic carbocycles. The van der Waals surface area contributed by atoms with E-state index in [-0.39, 0.29) is 12.4 Å². The third-order valence-electron chi connectivity index (χ3n) is 6.51. The summed E-state index contributed by atoms with van der Waals surface area (Å²) >= 11 is 1.76. The molecule has 2 heterocycles. The Labute approximate surface area is 226 Å². The van der Waals surface area contributed by atoms with Crippen molar-refractivity contribution >= 4 is 51.3 Å². The number of carbonyl (C=O) groups is 2. The van der Waals surface area contributed by atoms with Crippen molar-refractivity contribution in [1.82, 2.24) is 4.90 Å². The van der Waals surface area contributed by atoms with Crippen molar-refractivity contribution in [3.8, 4) is 16.2 Å². The molecule has 1 fully saturated rings. The van der Waals surface area contributed by atoms with E-state index in [1.165, 1.54) is 52.0 Å². The van der Waals surface area contributed by atoms with Crippen LogP contribution in [0.1, 0.15) is 24.0 Å². The third kappa shape index (κ3) is 6.49. The normalized spacial score (nSPS) is 13.3. The van der Waals surface area contributed by atoms with Gasteiger partial charge in [0.05, 0.1) is 0 Å². The Kier molecular flexibility index (Phi) is 8.82. The molecular formula is C29H30ClN3O3S. The van der Waals surface area contributed by atoms with E-state index in [9.17, 15) is 9.59 Å². The predicted molar refractivity (Wildman–Crippen MR) is 153 cm³/mol. The van der Waals surface area contributed by atoms with E-state index in [1.807, 2.05) is 12.1 Å². The molecule has 0 unspecified atom stereocenters. The molecule has 3 N–H and O–H groups in total. The summed E-state index contributed by atoms with van der Waals surface area (Å²) < 4.78 is 7.21. The zero-order valence-electron chi connectivity index (χ0n) is 20.4. The topological polar surface area (TPSA) is 84.7 Å². The molecular weight excluding hydrogens is 506 g/mol. The zero-order chi connectivity index (χ0) is 24.9. The molecule has 6 nitrogen and oxygen atoms in total. The molecule has 1 aliphatic rings. The molecule has 8 heteroatoms. The molecule has 1 aliphatic heterocycles. The number of likely N-dealkylation sites (tertiary alicyclic amines) is 1. The van der Waals surface area contributed by atoms with Crippen LogP contribution in [0.25, 0.3) is 20.5 Å². The maximum atomic E-state index is 11.6. The number of nitrogens with one attached hydrogen (secondary N) is 1. The van der Waals surface area contributed by atoms with Crippen molar-refractivity contribution in [2.24, 2.45) is 5.73 Å². The van der Waals surface area contributed by atoms with E-state index >= 15 is 0 Å². The van der Waals surface area contributed by atoms with Gasteiger partial charge in [0.2, 0.25) is 0 Å². The Balaban J connectivity index is 0.00000320. The van der Waals surface area contributed by atoms with Crippen molar-refractivity contribution in [3.05, 3.63) is 83.9 Å². The minimum Gasteiger partial charge on any atom is -0.492 e. The number of benzene rings is 3. The van der Waals surface area contributed by atoms with Crippen LogP contribution >= 0.6 is 23.7 Å². The van der Waals surface area contributed by atoms with Gasteiger partial charge < -0.3 is 15.8 Å². The zero-order valence-corrected chi connectivity index (χ0v) is 22.1. The number of nitrogens with two attached hydrogens (primary N) is 1. The van der Waals surface area contributed by atoms with Gasteiger partial charge in [-0.15, -0.1) is 23.7 Å². The largest absolute Gasteiger partial charge is 0.492 e. The van der Waals surface area contributed by atoms with Gasteiger partial charge in [0.1, 0.15) is 12.4 Å². The fourth-order valence-corrected chi connectivity index (χ4v) is 5.84. The number of halogens is 1. The molecule has 2 amide bonds. The molecule has 0 bridgehead atoms. The van der Waals surface area contributed by atoms with Crippen molar-refractivity contribution in [2.75, 3.05) is 31.6 Å². The van der Waals surface area contributed by atoms with E-state index in [1.54, 1.807) is 23.5 Å². The first kappa shape index (κ1) is 26.7. The minimum absolute atomic E-state index is 0. The Bertz CT molecular complexity index is 1360. The van der Waals surface area contributed by atoms with E-state index in [4.69, 9.17) is 10.5 Å². The van der Waals surface area contributed by atoms with E-state index in [0.717, 1.165) is 24.3 Å². The van der Waals surface area contributed by atoms with Gasteiger partial charge in [-0.25, -0.2) is 0 Å². The van der Waals surface area contributed by atoms with Crippen molar-refractivity contribution in [3.63, 3.8) is 0 Å². The number of carbonyl (C=O) groups excluding carboxylic acids is 2. The predicted octanol–water partition coefficient (Wildman–Crippen LogP) is 5.48. The molecule has 1 saturated heterocycles. The average molecular weight is 536 g/mol. The van der Waals surface area contributed by atoms with Crippen LogP contribution in [0.3, 0.4) is 0 Å². The highest BCUT2D eigenvalue weighted by atomic mass is 35.5. The summed E-state index contributed by atoms with van der Waals surface area (Å²) in [5, 5.41) is 3.76. The van der Waals surface area contributed by atoms with E-state index in [0.29, 0.717) is 12.3 Å². The molecule has 0 saturated carbocycles. The highest BCUT2D eigenvalue weighted by Gasteiger charge is 2.16. The van der Waals surface area contributed by atoms with Crippen molar-refractivity contribution in [1.29, 1.82) is 0 Å². The summed E-state index contributed by atoms with van der Waals surface area (Å²) in [7, 11) is 0. The maximum Gasteiger partial charge on any atom is 0.313 e. The van der Waals surface area contributed by atoms with Gasteiger partial charge in [0, 0.05) is 21.8 Å². The number of ether oxygens (including phenoxy) is 1. The molecule has 0 radical (unpaired) electrons. The molecule has 0 spiro atoms. The molecule has 4 aromatic rings. The van der Waals surface area contributed by atoms with Crippen molar-refractivity contribution < 1.29 is 14.3 Å². The van der Waals surface area contributed by atoms with Crippen LogP contribution in [0.5, 0.6) is 5.75 Å². The van der Waals surface area contributed by atoms with Crippen LogP contribution in [0.15, 0.2) is 72.8 Å². The first-order chi connectivity index (χ1) is 17.6. The fraction of sp³-hybridized carbons (Fsp3) is 0.241. The number of thiophene rings is 1. The Hall–Kier alpha value is -3.39. The highest BCUT2D eigenvalue weighted by Crippen LogP contribution is 2.40. The number of rotatable bonds is 8. The lowest BCUT2D eigenvalue weighted by atomic mass is 9.99. The van der Waals surface area contributed by atoms with Crippen LogP contribution in [-0.4, -0.2) is 43.0 Å². The minimum atomic E-state index is -1.01. The first-order valence-corrected chi connectivity index (χ1v) is 13.0. The lowest BCUT2D eigenvalue weighted by Crippen LogP contribution is -2.29. The summed E-state index contributed by atoms with van der Waals surface area (Å²) in [4.78, 5) is 26.3. The van der Waals surface area contributed by atoms with Gasteiger partial charge in [0.15, 0.2) is 0 Å². The van der Waals surface area contributed by atoms with Crippen molar-refractivity contribution in [2.45, 2.75) is 19.3 Å². The van der Waals surface area contributed by atoms with Gasteiger partial charge in [0.25, 0.3) is 0 Å². The van der Waals surface area contributed by atoms with Gasteiger partial charge in [-0.2, -0.15) is 0 Å². The second kappa shape index (κ2) is 12.2. The number of amides is 2. The average Bonchev–Trinajstić information content (AvgIpc) is 3.54. The second-order valence-electron chi connectivity index (χ2n) is 9.02. The Morgan fingerprint density at radius 3 is 2.35 bits per heavy atom. The van der Waals surface area contributed by atoms with Gasteiger partial charge in [-0.3, -0.25) is 14.5 Å². The van der Waals surface area contributed by atoms with E-state index < -0.39 is 11.8 Å². The van der Waals surface area contributed by atoms with Crippen LogP contribution in [0, 0.1) is 0 Å². The smallest absolute Gasteiger partial charge is 0.313 e. The molecule has 192 valence electrons. The van der Waals surface area contributed by atoms with Gasteiger partial charge in [-0.1, -0.05) is 42.5 Å². The number of primary amides is 1. The molecule has 1 aromatic heterocycles. The lowest BCUT2D eigenvalue weighted by molar-refractivity contribution is -0.134. The van der Waals surface area contributed by atoms with Gasteiger partial charge in [-0.05, 0) is 84.8 Å². The summed E-state index contributed by atoms with van der Waals surface area (Å²) in [6, 6.07) is 24.3. The molecule has 3 aromatic carbocycles. The quantitative estimate of drug-likeness (QED) is 0.293. The van der Waals surface area contributed by atoms with Crippen LogP contribution < -0.4 is 15.8 Å². The SMILES string of the molecule is Cl.NC(=O)C(=O)Nc1ccc(-c2sc3ccccc3c2Cc2ccc(OCCN3CCCC3)cc2)cc1. The monoisotopic (exact) mass is 535 g/mol. The number of fused-ring (bicyclic) bond motifs is 1. The lowest BCUT2D eigenvalue weighted by Gasteiger charge is -2.15. The number of nitrogens with zero attached hydrogens (tertiary/aromatic N) is 1. The number of hydrogen-bond donors (Lipinski definition) is 2. The maximum absolute atomic E-state index is 11.6. The standard InChI is InChI=1S/C29H29N3O3S.ClH/c30-28(33)29(34)31-22-11-9-21(10-12-22)27-25(24-5-1-2-6-26(24)36-27)19-20-7-13-23(14-8-20)35-18-17-32-15-3-4-16-32;/h1-2,5-14H,3-4,15-19H2,(H2,30,33)(H,31,34);1H. The summed E-state index contributed by atoms with van der Waals surface area (Å²) in [5.74, 6) is -0.926. The molecule has 37 heavy (non-hydrogen) atoms. The molecule has 5 rings (SSSR count). The summed E-state index contributed by atoms with van der Waals surface area (Å²) in [5.41, 5.74) is 9.12. The van der Waals surface area contributed by atoms with Gasteiger partial charge >= 0.3 is 11.8 Å². The Morgan fingerprint density at radius 2 is 1.65 bits per heavy atom. The van der Waals surface area contributed by atoms with E-state index in [2.05, 4.69) is 58.7 Å². The Morgan fingerprint density at radius 1 is 0.946 bits per heavy atom. The second-order valence-corrected chi connectivity index (χ2v) is 10.1. The highest BCUT2D eigenvalue weighted by molar-refractivity contribution is 7.22. The van der Waals surface area contributed by atoms with Crippen LogP contribution in [0.2, 0.25) is 0 Å². The summed E-state index contributed by atoms with van der Waals surface area (Å²) in [6.07, 6.45) is 3.39. The first-order valence-electron chi connectivity index (χ1n) is 12.2. The number of hydrogen-bond acceptors (Lipinski definition) is 5. The summed E-state index contributed by atoms with van der Waals surface area (Å²) in [6.45, 7) is 4.07. The fourth-order valence-electron chi connectivity index (χ4n) is 4.61. The van der Waals surface area contributed by atoms with Crippen LogP contribution in [-0.2, 0) is 16.0 Å². The third-order valence-corrected chi connectivity index (χ3v) is 7.77. The van der Waals surface area contributed by atoms with Crippen LogP contribution in [0.4, 0.5) is 5.69 Å². The molecule has 0 atom stereocenters.